The average Bonchev–Trinajstić information content (AvgIpc) is 3.26. The Morgan fingerprint density at radius 1 is 1.23 bits per heavy atom. The molecule has 0 radical (unpaired) electrons. The third-order valence-corrected chi connectivity index (χ3v) is 5.45. The minimum absolute atomic E-state index is 0.00639. The van der Waals surface area contributed by atoms with Gasteiger partial charge in [0.15, 0.2) is 5.96 Å². The zero-order valence-electron chi connectivity index (χ0n) is 18.0. The first-order valence-electron chi connectivity index (χ1n) is 10.5. The lowest BCUT2D eigenvalue weighted by Crippen LogP contribution is -2.45. The number of hydrogen-bond acceptors (Lipinski definition) is 4. The Labute approximate surface area is 188 Å². The molecule has 0 spiro atoms. The number of ether oxygens (including phenoxy) is 1. The van der Waals surface area contributed by atoms with Crippen LogP contribution in [0.5, 0.6) is 5.75 Å². The smallest absolute Gasteiger partial charge is 0.222 e. The number of methoxy groups -OCH3 is 1. The fraction of sp³-hybridized carbons (Fsp3) is 0.391. The van der Waals surface area contributed by atoms with Crippen LogP contribution in [-0.4, -0.2) is 51.7 Å². The van der Waals surface area contributed by atoms with Crippen molar-refractivity contribution in [1.29, 1.82) is 0 Å². The largest absolute Gasteiger partial charge is 0.495 e. The fourth-order valence-electron chi connectivity index (χ4n) is 3.57. The minimum Gasteiger partial charge on any atom is -0.495 e. The van der Waals surface area contributed by atoms with Gasteiger partial charge in [0.25, 0.3) is 0 Å². The van der Waals surface area contributed by atoms with Gasteiger partial charge in [-0.05, 0) is 30.2 Å². The second kappa shape index (κ2) is 11.5. The van der Waals surface area contributed by atoms with Gasteiger partial charge in [-0.1, -0.05) is 41.9 Å². The summed E-state index contributed by atoms with van der Waals surface area (Å²) in [5.41, 5.74) is 2.08. The van der Waals surface area contributed by atoms with Crippen molar-refractivity contribution in [2.24, 2.45) is 4.99 Å². The van der Waals surface area contributed by atoms with Crippen molar-refractivity contribution in [3.63, 3.8) is 0 Å². The maximum atomic E-state index is 12.1. The number of benzene rings is 2. The Morgan fingerprint density at radius 3 is 2.77 bits per heavy atom. The van der Waals surface area contributed by atoms with Crippen molar-refractivity contribution in [3.8, 4) is 5.75 Å². The summed E-state index contributed by atoms with van der Waals surface area (Å²) >= 11 is 6.18. The molecule has 2 aromatic rings. The Balaban J connectivity index is 1.41. The van der Waals surface area contributed by atoms with Gasteiger partial charge in [0, 0.05) is 50.7 Å². The number of nitrogens with one attached hydrogen (secondary N) is 3. The highest BCUT2D eigenvalue weighted by Gasteiger charge is 2.25. The molecule has 0 aliphatic carbocycles. The van der Waals surface area contributed by atoms with Crippen LogP contribution in [0.3, 0.4) is 0 Å². The maximum absolute atomic E-state index is 12.1. The van der Waals surface area contributed by atoms with Crippen LogP contribution in [0.4, 0.5) is 5.69 Å². The molecule has 166 valence electrons. The third-order valence-electron chi connectivity index (χ3n) is 5.21. The van der Waals surface area contributed by atoms with E-state index in [1.807, 2.05) is 48.5 Å². The van der Waals surface area contributed by atoms with Crippen molar-refractivity contribution in [3.05, 3.63) is 59.1 Å². The zero-order valence-corrected chi connectivity index (χ0v) is 18.8. The van der Waals surface area contributed by atoms with Crippen molar-refractivity contribution in [1.82, 2.24) is 16.0 Å². The molecular formula is C23H30ClN5O2. The third kappa shape index (κ3) is 6.79. The van der Waals surface area contributed by atoms with Crippen LogP contribution < -0.4 is 25.6 Å². The Hall–Kier alpha value is -2.93. The van der Waals surface area contributed by atoms with Crippen molar-refractivity contribution >= 4 is 29.2 Å². The van der Waals surface area contributed by atoms with Crippen molar-refractivity contribution < 1.29 is 9.53 Å². The molecule has 31 heavy (non-hydrogen) atoms. The number of halogens is 1. The highest BCUT2D eigenvalue weighted by Crippen LogP contribution is 2.33. The maximum Gasteiger partial charge on any atom is 0.222 e. The molecule has 1 heterocycles. The van der Waals surface area contributed by atoms with Crippen LogP contribution in [0, 0.1) is 0 Å². The standard InChI is InChI=1S/C23H30ClN5O2/c1-25-23(26-12-10-22(30)27-15-17-6-4-3-5-7-17)28-19-11-13-29(16-19)20-14-18(24)8-9-21(20)31-2/h3-9,14,19H,10-13,15-16H2,1-2H3,(H,27,30)(H2,25,26,28). The lowest BCUT2D eigenvalue weighted by Gasteiger charge is -2.22. The second-order valence-corrected chi connectivity index (χ2v) is 7.84. The number of carbonyl (C=O) groups is 1. The van der Waals surface area contributed by atoms with Crippen LogP contribution in [0.15, 0.2) is 53.5 Å². The summed E-state index contributed by atoms with van der Waals surface area (Å²) in [5.74, 6) is 1.52. The number of hydrogen-bond donors (Lipinski definition) is 3. The van der Waals surface area contributed by atoms with E-state index in [1.54, 1.807) is 14.2 Å². The summed E-state index contributed by atoms with van der Waals surface area (Å²) in [4.78, 5) is 18.6. The quantitative estimate of drug-likeness (QED) is 0.432. The molecule has 8 heteroatoms. The number of aliphatic imine (C=N–C) groups is 1. The first-order chi connectivity index (χ1) is 15.1. The van der Waals surface area contributed by atoms with Crippen molar-refractivity contribution in [2.45, 2.75) is 25.4 Å². The Kier molecular flexibility index (Phi) is 8.41. The van der Waals surface area contributed by atoms with Gasteiger partial charge in [-0.3, -0.25) is 9.79 Å². The fourth-order valence-corrected chi connectivity index (χ4v) is 3.74. The minimum atomic E-state index is 0.00639. The molecule has 1 atom stereocenters. The lowest BCUT2D eigenvalue weighted by atomic mass is 10.2. The zero-order chi connectivity index (χ0) is 22.1. The predicted octanol–water partition coefficient (Wildman–Crippen LogP) is 2.80. The molecule has 0 saturated carbocycles. The molecule has 1 aliphatic rings. The number of carbonyl (C=O) groups excluding carboxylic acids is 1. The highest BCUT2D eigenvalue weighted by atomic mass is 35.5. The SMILES string of the molecule is CN=C(NCCC(=O)NCc1ccccc1)NC1CCN(c2cc(Cl)ccc2OC)C1. The summed E-state index contributed by atoms with van der Waals surface area (Å²) in [6, 6.07) is 15.8. The molecule has 0 aromatic heterocycles. The van der Waals surface area contributed by atoms with Gasteiger partial charge in [-0.25, -0.2) is 0 Å². The van der Waals surface area contributed by atoms with E-state index in [4.69, 9.17) is 16.3 Å². The number of rotatable bonds is 8. The molecule has 1 fully saturated rings. The number of anilines is 1. The van der Waals surface area contributed by atoms with Gasteiger partial charge in [0.2, 0.25) is 5.91 Å². The monoisotopic (exact) mass is 443 g/mol. The Morgan fingerprint density at radius 2 is 2.03 bits per heavy atom. The number of guanidine groups is 1. The normalized spacial score (nSPS) is 16.2. The first kappa shape index (κ1) is 22.7. The molecular weight excluding hydrogens is 414 g/mol. The number of amides is 1. The summed E-state index contributed by atoms with van der Waals surface area (Å²) < 4.78 is 5.48. The molecule has 7 nitrogen and oxygen atoms in total. The molecule has 1 saturated heterocycles. The van der Waals surface area contributed by atoms with Crippen LogP contribution in [0.2, 0.25) is 5.02 Å². The van der Waals surface area contributed by atoms with Crippen LogP contribution in [-0.2, 0) is 11.3 Å². The molecule has 0 bridgehead atoms. The van der Waals surface area contributed by atoms with Crippen molar-refractivity contribution in [2.75, 3.05) is 38.7 Å². The average molecular weight is 444 g/mol. The molecule has 3 N–H and O–H groups in total. The topological polar surface area (TPSA) is 78.0 Å². The van der Waals surface area contributed by atoms with Gasteiger partial charge in [0.1, 0.15) is 5.75 Å². The van der Waals surface area contributed by atoms with Gasteiger partial charge in [-0.2, -0.15) is 0 Å². The summed E-state index contributed by atoms with van der Waals surface area (Å²) in [5, 5.41) is 10.3. The first-order valence-corrected chi connectivity index (χ1v) is 10.8. The van der Waals surface area contributed by atoms with E-state index < -0.39 is 0 Å². The second-order valence-electron chi connectivity index (χ2n) is 7.40. The van der Waals surface area contributed by atoms with Gasteiger partial charge in [-0.15, -0.1) is 0 Å². The predicted molar refractivity (Wildman–Crippen MR) is 126 cm³/mol. The van der Waals surface area contributed by atoms with E-state index in [0.717, 1.165) is 36.5 Å². The van der Waals surface area contributed by atoms with Crippen LogP contribution in [0.1, 0.15) is 18.4 Å². The summed E-state index contributed by atoms with van der Waals surface area (Å²) in [6.07, 6.45) is 1.35. The van der Waals surface area contributed by atoms with E-state index in [0.29, 0.717) is 30.5 Å². The molecule has 3 rings (SSSR count). The highest BCUT2D eigenvalue weighted by molar-refractivity contribution is 6.30. The van der Waals surface area contributed by atoms with Gasteiger partial charge < -0.3 is 25.6 Å². The summed E-state index contributed by atoms with van der Waals surface area (Å²) in [6.45, 7) is 2.76. The van der Waals surface area contributed by atoms with E-state index >= 15 is 0 Å². The summed E-state index contributed by atoms with van der Waals surface area (Å²) in [7, 11) is 3.40. The molecule has 1 amide bonds. The van der Waals surface area contributed by atoms with Gasteiger partial charge >= 0.3 is 0 Å². The van der Waals surface area contributed by atoms with Crippen LogP contribution >= 0.6 is 11.6 Å². The molecule has 2 aromatic carbocycles. The molecule has 1 aliphatic heterocycles. The molecule has 1 unspecified atom stereocenters. The van der Waals surface area contributed by atoms with Crippen LogP contribution in [0.25, 0.3) is 0 Å². The van der Waals surface area contributed by atoms with Gasteiger partial charge in [0.05, 0.1) is 12.8 Å². The lowest BCUT2D eigenvalue weighted by molar-refractivity contribution is -0.121. The van der Waals surface area contributed by atoms with E-state index in [2.05, 4.69) is 25.8 Å². The number of nitrogens with zero attached hydrogens (tertiary/aromatic N) is 2. The van der Waals surface area contributed by atoms with E-state index in [1.165, 1.54) is 0 Å². The van der Waals surface area contributed by atoms with E-state index in [9.17, 15) is 4.79 Å². The Bertz CT molecular complexity index is 891. The van der Waals surface area contributed by atoms with E-state index in [-0.39, 0.29) is 11.9 Å².